The first-order chi connectivity index (χ1) is 5.31. The second-order valence-corrected chi connectivity index (χ2v) is 2.47. The summed E-state index contributed by atoms with van der Waals surface area (Å²) >= 11 is 0. The fourth-order valence-electron chi connectivity index (χ4n) is 0.679. The van der Waals surface area contributed by atoms with E-state index in [1.807, 2.05) is 0 Å². The highest BCUT2D eigenvalue weighted by atomic mass is 16.5. The molecule has 0 amide bonds. The van der Waals surface area contributed by atoms with Crippen LogP contribution in [0.5, 0.6) is 0 Å². The molecule has 0 saturated carbocycles. The van der Waals surface area contributed by atoms with Crippen LogP contribution in [0.4, 0.5) is 0 Å². The van der Waals surface area contributed by atoms with E-state index in [1.54, 1.807) is 6.29 Å². The summed E-state index contributed by atoms with van der Waals surface area (Å²) in [6.45, 7) is 6.62. The average molecular weight is 155 g/mol. The topological polar surface area (TPSA) is 26.3 Å². The molecule has 0 aliphatic carbocycles. The summed E-state index contributed by atoms with van der Waals surface area (Å²) in [4.78, 5) is 9.92. The standard InChI is InChI=1S/C9H15O2/c1-3-4-5-6-11-8-9(2)7-10/h2-6,8H2,1H3. The van der Waals surface area contributed by atoms with E-state index in [0.29, 0.717) is 18.8 Å². The van der Waals surface area contributed by atoms with E-state index in [2.05, 4.69) is 13.5 Å². The first kappa shape index (κ1) is 10.4. The minimum Gasteiger partial charge on any atom is -0.377 e. The van der Waals surface area contributed by atoms with Gasteiger partial charge in [-0.15, -0.1) is 0 Å². The molecule has 0 bridgehead atoms. The smallest absolute Gasteiger partial charge is 0.230 e. The SMILES string of the molecule is C=C([C]=O)COCCCCC. The molecule has 2 heteroatoms. The van der Waals surface area contributed by atoms with Crippen molar-refractivity contribution in [2.75, 3.05) is 13.2 Å². The Hall–Kier alpha value is -0.630. The van der Waals surface area contributed by atoms with Crippen molar-refractivity contribution < 1.29 is 9.53 Å². The quantitative estimate of drug-likeness (QED) is 0.414. The zero-order chi connectivity index (χ0) is 8.53. The van der Waals surface area contributed by atoms with E-state index in [0.717, 1.165) is 6.42 Å². The number of carbonyl (C=O) groups excluding carboxylic acids is 1. The van der Waals surface area contributed by atoms with Crippen molar-refractivity contribution in [3.05, 3.63) is 12.2 Å². The number of hydrogen-bond donors (Lipinski definition) is 0. The number of rotatable bonds is 7. The van der Waals surface area contributed by atoms with Gasteiger partial charge in [-0.3, -0.25) is 4.79 Å². The Morgan fingerprint density at radius 3 is 2.82 bits per heavy atom. The Morgan fingerprint density at radius 2 is 2.27 bits per heavy atom. The largest absolute Gasteiger partial charge is 0.377 e. The molecule has 0 aromatic rings. The van der Waals surface area contributed by atoms with Crippen molar-refractivity contribution in [2.45, 2.75) is 26.2 Å². The van der Waals surface area contributed by atoms with E-state index in [9.17, 15) is 4.79 Å². The molecule has 0 aliphatic rings. The van der Waals surface area contributed by atoms with E-state index >= 15 is 0 Å². The van der Waals surface area contributed by atoms with Crippen LogP contribution in [0.1, 0.15) is 26.2 Å². The molecule has 0 N–H and O–H groups in total. The number of ether oxygens (including phenoxy) is 1. The maximum Gasteiger partial charge on any atom is 0.230 e. The molecular formula is C9H15O2. The van der Waals surface area contributed by atoms with Crippen molar-refractivity contribution in [1.29, 1.82) is 0 Å². The second-order valence-electron chi connectivity index (χ2n) is 2.47. The van der Waals surface area contributed by atoms with Crippen molar-refractivity contribution >= 4 is 6.29 Å². The molecule has 0 aliphatic heterocycles. The predicted octanol–water partition coefficient (Wildman–Crippen LogP) is 1.86. The summed E-state index contributed by atoms with van der Waals surface area (Å²) in [5.41, 5.74) is 0.390. The average Bonchev–Trinajstić information content (AvgIpc) is 2.04. The van der Waals surface area contributed by atoms with E-state index in [1.165, 1.54) is 12.8 Å². The Balaban J connectivity index is 3.01. The lowest BCUT2D eigenvalue weighted by atomic mass is 10.3. The van der Waals surface area contributed by atoms with Gasteiger partial charge < -0.3 is 4.74 Å². The van der Waals surface area contributed by atoms with Crippen LogP contribution in [-0.2, 0) is 9.53 Å². The van der Waals surface area contributed by atoms with E-state index in [4.69, 9.17) is 4.74 Å². The van der Waals surface area contributed by atoms with Crippen LogP contribution in [0.25, 0.3) is 0 Å². The van der Waals surface area contributed by atoms with Gasteiger partial charge >= 0.3 is 0 Å². The van der Waals surface area contributed by atoms with Crippen molar-refractivity contribution in [3.63, 3.8) is 0 Å². The lowest BCUT2D eigenvalue weighted by Gasteiger charge is -2.00. The fourth-order valence-corrected chi connectivity index (χ4v) is 0.679. The minimum atomic E-state index is 0.327. The van der Waals surface area contributed by atoms with Gasteiger partial charge in [0.2, 0.25) is 6.29 Å². The first-order valence-electron chi connectivity index (χ1n) is 3.95. The summed E-state index contributed by atoms with van der Waals surface area (Å²) in [6, 6.07) is 0. The minimum absolute atomic E-state index is 0.327. The van der Waals surface area contributed by atoms with Crippen molar-refractivity contribution in [3.8, 4) is 0 Å². The van der Waals surface area contributed by atoms with Gasteiger partial charge in [0.15, 0.2) is 0 Å². The summed E-state index contributed by atoms with van der Waals surface area (Å²) in [6.07, 6.45) is 5.11. The van der Waals surface area contributed by atoms with Crippen molar-refractivity contribution in [1.82, 2.24) is 0 Å². The van der Waals surface area contributed by atoms with Crippen LogP contribution < -0.4 is 0 Å². The molecule has 0 aromatic carbocycles. The van der Waals surface area contributed by atoms with Gasteiger partial charge in [0.05, 0.1) is 6.61 Å². The fraction of sp³-hybridized carbons (Fsp3) is 0.667. The molecule has 1 radical (unpaired) electrons. The Bertz CT molecular complexity index is 119. The molecule has 0 unspecified atom stereocenters. The number of unbranched alkanes of at least 4 members (excludes halogenated alkanes) is 2. The molecule has 0 atom stereocenters. The zero-order valence-electron chi connectivity index (χ0n) is 7.06. The van der Waals surface area contributed by atoms with Crippen LogP contribution in [0, 0.1) is 0 Å². The maximum absolute atomic E-state index is 9.92. The highest BCUT2D eigenvalue weighted by Crippen LogP contribution is 1.95. The van der Waals surface area contributed by atoms with Crippen LogP contribution in [-0.4, -0.2) is 19.5 Å². The molecule has 2 nitrogen and oxygen atoms in total. The lowest BCUT2D eigenvalue weighted by Crippen LogP contribution is -1.99. The van der Waals surface area contributed by atoms with Gasteiger partial charge in [-0.2, -0.15) is 0 Å². The van der Waals surface area contributed by atoms with Crippen LogP contribution in [0.3, 0.4) is 0 Å². The Kier molecular flexibility index (Phi) is 7.05. The van der Waals surface area contributed by atoms with Gasteiger partial charge in [-0.25, -0.2) is 0 Å². The third-order valence-electron chi connectivity index (χ3n) is 1.31. The summed E-state index contributed by atoms with van der Waals surface area (Å²) in [5.74, 6) is 0. The molecule has 0 fully saturated rings. The van der Waals surface area contributed by atoms with Gasteiger partial charge in [0.25, 0.3) is 0 Å². The molecule has 63 valence electrons. The summed E-state index contributed by atoms with van der Waals surface area (Å²) in [7, 11) is 0. The van der Waals surface area contributed by atoms with Crippen LogP contribution in [0.2, 0.25) is 0 Å². The predicted molar refractivity (Wildman–Crippen MR) is 45.2 cm³/mol. The van der Waals surface area contributed by atoms with Crippen LogP contribution >= 0.6 is 0 Å². The third-order valence-corrected chi connectivity index (χ3v) is 1.31. The first-order valence-corrected chi connectivity index (χ1v) is 3.95. The maximum atomic E-state index is 9.92. The van der Waals surface area contributed by atoms with Crippen molar-refractivity contribution in [2.24, 2.45) is 0 Å². The molecule has 0 spiro atoms. The second kappa shape index (κ2) is 7.48. The highest BCUT2D eigenvalue weighted by molar-refractivity contribution is 5.72. The van der Waals surface area contributed by atoms with Crippen LogP contribution in [0.15, 0.2) is 12.2 Å². The van der Waals surface area contributed by atoms with E-state index in [-0.39, 0.29) is 0 Å². The van der Waals surface area contributed by atoms with Gasteiger partial charge in [0, 0.05) is 12.2 Å². The lowest BCUT2D eigenvalue weighted by molar-refractivity contribution is 0.154. The third kappa shape index (κ3) is 7.26. The molecule has 11 heavy (non-hydrogen) atoms. The number of hydrogen-bond acceptors (Lipinski definition) is 2. The zero-order valence-corrected chi connectivity index (χ0v) is 7.06. The van der Waals surface area contributed by atoms with Gasteiger partial charge in [0.1, 0.15) is 0 Å². The van der Waals surface area contributed by atoms with Gasteiger partial charge in [-0.05, 0) is 6.42 Å². The molecule has 0 saturated heterocycles. The molecule has 0 heterocycles. The summed E-state index contributed by atoms with van der Waals surface area (Å²) < 4.78 is 5.13. The Morgan fingerprint density at radius 1 is 1.55 bits per heavy atom. The molecule has 0 rings (SSSR count). The van der Waals surface area contributed by atoms with Gasteiger partial charge in [-0.1, -0.05) is 26.3 Å². The van der Waals surface area contributed by atoms with E-state index < -0.39 is 0 Å². The monoisotopic (exact) mass is 155 g/mol. The Labute approximate surface area is 68.2 Å². The molecule has 0 aromatic heterocycles. The normalized spacial score (nSPS) is 9.55. The summed E-state index contributed by atoms with van der Waals surface area (Å²) in [5, 5.41) is 0. The molecular weight excluding hydrogens is 140 g/mol. The highest BCUT2D eigenvalue weighted by Gasteiger charge is 1.92.